The van der Waals surface area contributed by atoms with Gasteiger partial charge in [0.25, 0.3) is 0 Å². The van der Waals surface area contributed by atoms with E-state index in [1.165, 1.54) is 0 Å². The SMILES string of the molecule is Nc1cc(Br)ccc1S(=O)(=O)N(CC1CC1)CC1CC1. The van der Waals surface area contributed by atoms with Gasteiger partial charge in [-0.25, -0.2) is 8.42 Å². The summed E-state index contributed by atoms with van der Waals surface area (Å²) in [7, 11) is -3.47. The molecule has 0 unspecified atom stereocenters. The molecule has 0 heterocycles. The molecule has 0 aromatic heterocycles. The Morgan fingerprint density at radius 2 is 1.70 bits per heavy atom. The first-order valence-corrected chi connectivity index (χ1v) is 9.25. The Morgan fingerprint density at radius 1 is 1.15 bits per heavy atom. The molecule has 4 nitrogen and oxygen atoms in total. The summed E-state index contributed by atoms with van der Waals surface area (Å²) in [5.41, 5.74) is 6.22. The average Bonchev–Trinajstić information content (AvgIpc) is 3.22. The summed E-state index contributed by atoms with van der Waals surface area (Å²) in [6.07, 6.45) is 4.58. The molecule has 110 valence electrons. The zero-order chi connectivity index (χ0) is 14.3. The number of anilines is 1. The van der Waals surface area contributed by atoms with Gasteiger partial charge in [0.1, 0.15) is 4.90 Å². The van der Waals surface area contributed by atoms with Crippen molar-refractivity contribution in [1.82, 2.24) is 4.31 Å². The largest absolute Gasteiger partial charge is 0.398 e. The molecule has 2 aliphatic rings. The zero-order valence-electron chi connectivity index (χ0n) is 11.3. The summed E-state index contributed by atoms with van der Waals surface area (Å²) in [4.78, 5) is 0.238. The van der Waals surface area contributed by atoms with Crippen LogP contribution in [-0.2, 0) is 10.0 Å². The van der Waals surface area contributed by atoms with Crippen LogP contribution >= 0.6 is 15.9 Å². The van der Waals surface area contributed by atoms with Crippen molar-refractivity contribution in [2.24, 2.45) is 11.8 Å². The van der Waals surface area contributed by atoms with Crippen LogP contribution in [0.3, 0.4) is 0 Å². The smallest absolute Gasteiger partial charge is 0.245 e. The molecular formula is C14H19BrN2O2S. The fraction of sp³-hybridized carbons (Fsp3) is 0.571. The Balaban J connectivity index is 1.89. The number of nitrogens with zero attached hydrogens (tertiary/aromatic N) is 1. The van der Waals surface area contributed by atoms with Crippen LogP contribution in [0.2, 0.25) is 0 Å². The third kappa shape index (κ3) is 3.18. The predicted molar refractivity (Wildman–Crippen MR) is 82.8 cm³/mol. The number of hydrogen-bond acceptors (Lipinski definition) is 3. The van der Waals surface area contributed by atoms with Crippen LogP contribution < -0.4 is 5.73 Å². The van der Waals surface area contributed by atoms with Crippen LogP contribution in [0.1, 0.15) is 25.7 Å². The summed E-state index contributed by atoms with van der Waals surface area (Å²) in [6.45, 7) is 1.29. The number of nitrogens with two attached hydrogens (primary N) is 1. The van der Waals surface area contributed by atoms with Crippen LogP contribution in [0.5, 0.6) is 0 Å². The molecule has 0 atom stereocenters. The van der Waals surface area contributed by atoms with E-state index in [1.54, 1.807) is 22.5 Å². The minimum Gasteiger partial charge on any atom is -0.398 e. The summed E-state index contributed by atoms with van der Waals surface area (Å²) in [5.74, 6) is 1.08. The minimum absolute atomic E-state index is 0.238. The number of sulfonamides is 1. The monoisotopic (exact) mass is 358 g/mol. The molecule has 0 aliphatic heterocycles. The van der Waals surface area contributed by atoms with Gasteiger partial charge in [-0.3, -0.25) is 0 Å². The maximum Gasteiger partial charge on any atom is 0.245 e. The molecule has 0 radical (unpaired) electrons. The lowest BCUT2D eigenvalue weighted by molar-refractivity contribution is 0.382. The van der Waals surface area contributed by atoms with Crippen LogP contribution in [0.25, 0.3) is 0 Å². The lowest BCUT2D eigenvalue weighted by Gasteiger charge is -2.23. The standard InChI is InChI=1S/C14H19BrN2O2S/c15-12-5-6-14(13(16)7-12)20(18,19)17(8-10-1-2-10)9-11-3-4-11/h5-7,10-11H,1-4,8-9,16H2. The topological polar surface area (TPSA) is 63.4 Å². The summed E-state index contributed by atoms with van der Waals surface area (Å²) in [5, 5.41) is 0. The molecule has 2 N–H and O–H groups in total. The van der Waals surface area contributed by atoms with E-state index in [2.05, 4.69) is 15.9 Å². The second-order valence-corrected chi connectivity index (χ2v) is 8.71. The third-order valence-electron chi connectivity index (χ3n) is 3.91. The third-order valence-corrected chi connectivity index (χ3v) is 6.31. The van der Waals surface area contributed by atoms with E-state index < -0.39 is 10.0 Å². The molecule has 2 aliphatic carbocycles. The number of hydrogen-bond donors (Lipinski definition) is 1. The van der Waals surface area contributed by atoms with E-state index >= 15 is 0 Å². The predicted octanol–water partition coefficient (Wildman–Crippen LogP) is 2.84. The number of halogens is 1. The molecule has 0 saturated heterocycles. The zero-order valence-corrected chi connectivity index (χ0v) is 13.7. The number of benzene rings is 1. The van der Waals surface area contributed by atoms with Gasteiger partial charge in [0, 0.05) is 17.6 Å². The second kappa shape index (κ2) is 5.31. The highest BCUT2D eigenvalue weighted by Crippen LogP contribution is 2.37. The summed E-state index contributed by atoms with van der Waals surface area (Å²) < 4.78 is 28.1. The van der Waals surface area contributed by atoms with Gasteiger partial charge < -0.3 is 5.73 Å². The molecule has 1 aromatic rings. The minimum atomic E-state index is -3.47. The Hall–Kier alpha value is -0.590. The van der Waals surface area contributed by atoms with Crippen molar-refractivity contribution < 1.29 is 8.42 Å². The number of rotatable bonds is 6. The second-order valence-electron chi connectivity index (χ2n) is 5.89. The van der Waals surface area contributed by atoms with Gasteiger partial charge in [-0.05, 0) is 55.7 Å². The lowest BCUT2D eigenvalue weighted by Crippen LogP contribution is -2.35. The van der Waals surface area contributed by atoms with Crippen LogP contribution in [0.15, 0.2) is 27.6 Å². The highest BCUT2D eigenvalue weighted by Gasteiger charge is 2.36. The lowest BCUT2D eigenvalue weighted by atomic mass is 10.3. The molecule has 1 aromatic carbocycles. The van der Waals surface area contributed by atoms with Crippen LogP contribution in [0.4, 0.5) is 5.69 Å². The van der Waals surface area contributed by atoms with Gasteiger partial charge >= 0.3 is 0 Å². The van der Waals surface area contributed by atoms with E-state index in [0.717, 1.165) is 30.2 Å². The summed E-state index contributed by atoms with van der Waals surface area (Å²) in [6, 6.07) is 4.98. The van der Waals surface area contributed by atoms with Crippen molar-refractivity contribution in [3.8, 4) is 0 Å². The molecular weight excluding hydrogens is 340 g/mol. The van der Waals surface area contributed by atoms with E-state index in [0.29, 0.717) is 30.6 Å². The van der Waals surface area contributed by atoms with Crippen molar-refractivity contribution in [3.63, 3.8) is 0 Å². The van der Waals surface area contributed by atoms with Gasteiger partial charge in [-0.15, -0.1) is 0 Å². The fourth-order valence-electron chi connectivity index (χ4n) is 2.34. The van der Waals surface area contributed by atoms with Gasteiger partial charge in [0.05, 0.1) is 5.69 Å². The Bertz CT molecular complexity index is 596. The van der Waals surface area contributed by atoms with Crippen molar-refractivity contribution in [1.29, 1.82) is 0 Å². The Morgan fingerprint density at radius 3 is 2.15 bits per heavy atom. The summed E-state index contributed by atoms with van der Waals surface area (Å²) >= 11 is 3.31. The fourth-order valence-corrected chi connectivity index (χ4v) is 4.41. The van der Waals surface area contributed by atoms with E-state index in [1.807, 2.05) is 0 Å². The molecule has 2 saturated carbocycles. The van der Waals surface area contributed by atoms with Crippen molar-refractivity contribution in [3.05, 3.63) is 22.7 Å². The van der Waals surface area contributed by atoms with Gasteiger partial charge in [0.2, 0.25) is 10.0 Å². The maximum absolute atomic E-state index is 12.8. The van der Waals surface area contributed by atoms with E-state index in [-0.39, 0.29) is 4.90 Å². The molecule has 0 amide bonds. The van der Waals surface area contributed by atoms with Crippen LogP contribution in [0, 0.1) is 11.8 Å². The molecule has 3 rings (SSSR count). The van der Waals surface area contributed by atoms with Gasteiger partial charge in [-0.2, -0.15) is 4.31 Å². The Labute approximate surface area is 128 Å². The van der Waals surface area contributed by atoms with Crippen molar-refractivity contribution >= 4 is 31.6 Å². The first kappa shape index (κ1) is 14.4. The van der Waals surface area contributed by atoms with Crippen molar-refractivity contribution in [2.45, 2.75) is 30.6 Å². The first-order chi connectivity index (χ1) is 9.46. The Kier molecular flexibility index (Phi) is 3.81. The van der Waals surface area contributed by atoms with Crippen LogP contribution in [-0.4, -0.2) is 25.8 Å². The maximum atomic E-state index is 12.8. The first-order valence-electron chi connectivity index (χ1n) is 7.02. The van der Waals surface area contributed by atoms with Gasteiger partial charge in [0.15, 0.2) is 0 Å². The van der Waals surface area contributed by atoms with Gasteiger partial charge in [-0.1, -0.05) is 15.9 Å². The molecule has 0 bridgehead atoms. The molecule has 20 heavy (non-hydrogen) atoms. The highest BCUT2D eigenvalue weighted by atomic mass is 79.9. The molecule has 0 spiro atoms. The van der Waals surface area contributed by atoms with E-state index in [9.17, 15) is 8.42 Å². The number of nitrogen functional groups attached to an aromatic ring is 1. The molecule has 2 fully saturated rings. The van der Waals surface area contributed by atoms with Crippen molar-refractivity contribution in [2.75, 3.05) is 18.8 Å². The average molecular weight is 359 g/mol. The normalized spacial score (nSPS) is 19.5. The molecule has 6 heteroatoms. The van der Waals surface area contributed by atoms with E-state index in [4.69, 9.17) is 5.73 Å². The highest BCUT2D eigenvalue weighted by molar-refractivity contribution is 9.10. The quantitative estimate of drug-likeness (QED) is 0.795.